The molecular weight excluding hydrogens is 312 g/mol. The van der Waals surface area contributed by atoms with Crippen LogP contribution in [0.1, 0.15) is 30.1 Å². The molecule has 1 aliphatic heterocycles. The minimum atomic E-state index is -3.37. The number of amides is 1. The van der Waals surface area contributed by atoms with Gasteiger partial charge in [0.05, 0.1) is 21.2 Å². The van der Waals surface area contributed by atoms with Crippen molar-refractivity contribution in [2.45, 2.75) is 30.7 Å². The Labute approximate surface area is 130 Å². The summed E-state index contributed by atoms with van der Waals surface area (Å²) in [5.41, 5.74) is 5.90. The number of sulfone groups is 1. The lowest BCUT2D eigenvalue weighted by Gasteiger charge is -2.24. The van der Waals surface area contributed by atoms with Crippen molar-refractivity contribution < 1.29 is 13.2 Å². The van der Waals surface area contributed by atoms with E-state index in [1.807, 2.05) is 0 Å². The van der Waals surface area contributed by atoms with Gasteiger partial charge in [-0.1, -0.05) is 18.5 Å². The number of hydrogen-bond acceptors (Lipinski definition) is 4. The first-order chi connectivity index (χ1) is 9.90. The topological polar surface area (TPSA) is 80.5 Å². The first kappa shape index (κ1) is 16.3. The molecule has 1 fully saturated rings. The first-order valence-electron chi connectivity index (χ1n) is 6.94. The average Bonchev–Trinajstić information content (AvgIpc) is 2.95. The van der Waals surface area contributed by atoms with Crippen LogP contribution in [0.4, 0.5) is 0 Å². The molecule has 0 aliphatic carbocycles. The van der Waals surface area contributed by atoms with Crippen LogP contribution in [0.2, 0.25) is 5.02 Å². The SMILES string of the molecule is CCS(=O)(=O)c1ccc(Cl)c(C(=O)N2CCCC2CN)c1. The van der Waals surface area contributed by atoms with E-state index >= 15 is 0 Å². The van der Waals surface area contributed by atoms with E-state index in [-0.39, 0.29) is 33.2 Å². The van der Waals surface area contributed by atoms with Gasteiger partial charge in [-0.3, -0.25) is 4.79 Å². The highest BCUT2D eigenvalue weighted by Gasteiger charge is 2.30. The van der Waals surface area contributed by atoms with E-state index in [9.17, 15) is 13.2 Å². The number of hydrogen-bond donors (Lipinski definition) is 1. The highest BCUT2D eigenvalue weighted by Crippen LogP contribution is 2.26. The third kappa shape index (κ3) is 3.22. The van der Waals surface area contributed by atoms with Gasteiger partial charge in [-0.2, -0.15) is 0 Å². The zero-order valence-corrected chi connectivity index (χ0v) is 13.5. The maximum atomic E-state index is 12.6. The fourth-order valence-corrected chi connectivity index (χ4v) is 3.64. The minimum Gasteiger partial charge on any atom is -0.334 e. The van der Waals surface area contributed by atoms with Crippen LogP contribution >= 0.6 is 11.6 Å². The van der Waals surface area contributed by atoms with Crippen molar-refractivity contribution in [1.29, 1.82) is 0 Å². The lowest BCUT2D eigenvalue weighted by Crippen LogP contribution is -2.40. The summed E-state index contributed by atoms with van der Waals surface area (Å²) in [6.45, 7) is 2.59. The predicted octanol–water partition coefficient (Wildman–Crippen LogP) is 1.70. The van der Waals surface area contributed by atoms with Crippen LogP contribution in [0.25, 0.3) is 0 Å². The van der Waals surface area contributed by atoms with Crippen LogP contribution in [-0.4, -0.2) is 44.1 Å². The molecule has 0 aromatic heterocycles. The van der Waals surface area contributed by atoms with Crippen molar-refractivity contribution in [2.75, 3.05) is 18.8 Å². The lowest BCUT2D eigenvalue weighted by atomic mass is 10.1. The van der Waals surface area contributed by atoms with Crippen LogP contribution in [-0.2, 0) is 9.84 Å². The van der Waals surface area contributed by atoms with E-state index in [0.717, 1.165) is 12.8 Å². The summed E-state index contributed by atoms with van der Waals surface area (Å²) >= 11 is 6.08. The molecule has 1 heterocycles. The Morgan fingerprint density at radius 3 is 2.81 bits per heavy atom. The Morgan fingerprint density at radius 1 is 1.48 bits per heavy atom. The Kier molecular flexibility index (Phi) is 4.91. The normalized spacial score (nSPS) is 19.0. The van der Waals surface area contributed by atoms with Gasteiger partial charge in [0.15, 0.2) is 9.84 Å². The molecule has 1 amide bonds. The molecule has 2 N–H and O–H groups in total. The maximum Gasteiger partial charge on any atom is 0.255 e. The zero-order chi connectivity index (χ0) is 15.6. The smallest absolute Gasteiger partial charge is 0.255 e. The summed E-state index contributed by atoms with van der Waals surface area (Å²) in [6, 6.07) is 4.27. The zero-order valence-electron chi connectivity index (χ0n) is 11.9. The standard InChI is InChI=1S/C14H19ClN2O3S/c1-2-21(19,20)11-5-6-13(15)12(8-11)14(18)17-7-3-4-10(17)9-16/h5-6,8,10H,2-4,7,9,16H2,1H3. The highest BCUT2D eigenvalue weighted by molar-refractivity contribution is 7.91. The van der Waals surface area contributed by atoms with E-state index in [1.165, 1.54) is 18.2 Å². The van der Waals surface area contributed by atoms with Gasteiger partial charge in [0.25, 0.3) is 5.91 Å². The molecule has 1 aromatic carbocycles. The predicted molar refractivity (Wildman–Crippen MR) is 82.3 cm³/mol. The van der Waals surface area contributed by atoms with Crippen LogP contribution in [0.5, 0.6) is 0 Å². The number of likely N-dealkylation sites (tertiary alicyclic amines) is 1. The fraction of sp³-hybridized carbons (Fsp3) is 0.500. The summed E-state index contributed by atoms with van der Waals surface area (Å²) in [5, 5.41) is 0.262. The van der Waals surface area contributed by atoms with Crippen LogP contribution in [0.3, 0.4) is 0 Å². The summed E-state index contributed by atoms with van der Waals surface area (Å²) < 4.78 is 23.9. The molecule has 5 nitrogen and oxygen atoms in total. The quantitative estimate of drug-likeness (QED) is 0.911. The van der Waals surface area contributed by atoms with Crippen molar-refractivity contribution in [3.8, 4) is 0 Å². The number of carbonyl (C=O) groups excluding carboxylic acids is 1. The summed E-state index contributed by atoms with van der Waals surface area (Å²) in [4.78, 5) is 14.4. The van der Waals surface area contributed by atoms with Gasteiger partial charge in [-0.15, -0.1) is 0 Å². The molecule has 1 atom stereocenters. The number of rotatable bonds is 4. The van der Waals surface area contributed by atoms with Gasteiger partial charge in [0.2, 0.25) is 0 Å². The van der Waals surface area contributed by atoms with Crippen LogP contribution < -0.4 is 5.73 Å². The van der Waals surface area contributed by atoms with Gasteiger partial charge < -0.3 is 10.6 Å². The third-order valence-electron chi connectivity index (χ3n) is 3.82. The average molecular weight is 331 g/mol. The first-order valence-corrected chi connectivity index (χ1v) is 8.97. The number of carbonyl (C=O) groups is 1. The van der Waals surface area contributed by atoms with Gasteiger partial charge in [0, 0.05) is 19.1 Å². The number of nitrogens with zero attached hydrogens (tertiary/aromatic N) is 1. The molecule has 7 heteroatoms. The number of halogens is 1. The summed E-state index contributed by atoms with van der Waals surface area (Å²) in [6.07, 6.45) is 1.77. The Bertz CT molecular complexity index is 646. The monoisotopic (exact) mass is 330 g/mol. The lowest BCUT2D eigenvalue weighted by molar-refractivity contribution is 0.0741. The van der Waals surface area contributed by atoms with E-state index in [4.69, 9.17) is 17.3 Å². The van der Waals surface area contributed by atoms with Crippen LogP contribution in [0, 0.1) is 0 Å². The van der Waals surface area contributed by atoms with Crippen LogP contribution in [0.15, 0.2) is 23.1 Å². The van der Waals surface area contributed by atoms with E-state index in [0.29, 0.717) is 13.1 Å². The van der Waals surface area contributed by atoms with Crippen molar-refractivity contribution in [1.82, 2.24) is 4.90 Å². The van der Waals surface area contributed by atoms with Crippen molar-refractivity contribution >= 4 is 27.3 Å². The second kappa shape index (κ2) is 6.34. The van der Waals surface area contributed by atoms with Gasteiger partial charge in [-0.25, -0.2) is 8.42 Å². The molecule has 0 spiro atoms. The molecule has 21 heavy (non-hydrogen) atoms. The number of benzene rings is 1. The van der Waals surface area contributed by atoms with Gasteiger partial charge >= 0.3 is 0 Å². The molecule has 1 saturated heterocycles. The Hall–Kier alpha value is -1.11. The minimum absolute atomic E-state index is 0.00000470. The molecule has 2 rings (SSSR count). The molecule has 116 valence electrons. The molecule has 0 radical (unpaired) electrons. The highest BCUT2D eigenvalue weighted by atomic mass is 35.5. The van der Waals surface area contributed by atoms with E-state index in [2.05, 4.69) is 0 Å². The largest absolute Gasteiger partial charge is 0.334 e. The van der Waals surface area contributed by atoms with Gasteiger partial charge in [0.1, 0.15) is 0 Å². The second-order valence-corrected chi connectivity index (χ2v) is 7.76. The molecule has 1 aromatic rings. The molecule has 1 aliphatic rings. The molecule has 1 unspecified atom stereocenters. The van der Waals surface area contributed by atoms with Crippen molar-refractivity contribution in [3.05, 3.63) is 28.8 Å². The van der Waals surface area contributed by atoms with Crippen molar-refractivity contribution in [3.63, 3.8) is 0 Å². The summed E-state index contributed by atoms with van der Waals surface area (Å²) in [5.74, 6) is -0.265. The molecule has 0 saturated carbocycles. The van der Waals surface area contributed by atoms with Gasteiger partial charge in [-0.05, 0) is 31.0 Å². The van der Waals surface area contributed by atoms with E-state index in [1.54, 1.807) is 11.8 Å². The van der Waals surface area contributed by atoms with Crippen molar-refractivity contribution in [2.24, 2.45) is 5.73 Å². The maximum absolute atomic E-state index is 12.6. The van der Waals surface area contributed by atoms with E-state index < -0.39 is 9.84 Å². The molecular formula is C14H19ClN2O3S. The molecule has 0 bridgehead atoms. The Morgan fingerprint density at radius 2 is 2.19 bits per heavy atom. The Balaban J connectivity index is 2.39. The summed E-state index contributed by atoms with van der Waals surface area (Å²) in [7, 11) is -3.37. The second-order valence-electron chi connectivity index (χ2n) is 5.08. The third-order valence-corrected chi connectivity index (χ3v) is 5.88. The number of nitrogens with two attached hydrogens (primary N) is 1. The fourth-order valence-electron chi connectivity index (χ4n) is 2.53.